The Morgan fingerprint density at radius 1 is 1.31 bits per heavy atom. The Morgan fingerprint density at radius 3 is 2.58 bits per heavy atom. The van der Waals surface area contributed by atoms with E-state index in [4.69, 9.17) is 4.42 Å². The summed E-state index contributed by atoms with van der Waals surface area (Å²) in [5, 5.41) is 6.69. The van der Waals surface area contributed by atoms with Crippen molar-refractivity contribution in [2.24, 2.45) is 4.99 Å². The Bertz CT molecular complexity index is 546. The molecule has 0 amide bonds. The lowest BCUT2D eigenvalue weighted by Crippen LogP contribution is -2.42. The molecule has 0 aromatic carbocycles. The van der Waals surface area contributed by atoms with E-state index in [1.54, 1.807) is 0 Å². The van der Waals surface area contributed by atoms with E-state index in [0.717, 1.165) is 37.4 Å². The Kier molecular flexibility index (Phi) is 9.92. The Labute approximate surface area is 175 Å². The van der Waals surface area contributed by atoms with Crippen molar-refractivity contribution in [3.8, 4) is 0 Å². The van der Waals surface area contributed by atoms with Gasteiger partial charge >= 0.3 is 0 Å². The van der Waals surface area contributed by atoms with Crippen molar-refractivity contribution < 1.29 is 4.42 Å². The van der Waals surface area contributed by atoms with Gasteiger partial charge in [0.1, 0.15) is 12.3 Å². The first-order valence-electron chi connectivity index (χ1n) is 9.57. The minimum Gasteiger partial charge on any atom is -0.443 e. The summed E-state index contributed by atoms with van der Waals surface area (Å²) in [5.74, 6) is 2.37. The molecule has 1 aromatic heterocycles. The van der Waals surface area contributed by atoms with E-state index in [-0.39, 0.29) is 29.4 Å². The van der Waals surface area contributed by atoms with Crippen molar-refractivity contribution in [1.29, 1.82) is 0 Å². The quantitative estimate of drug-likeness (QED) is 0.358. The van der Waals surface area contributed by atoms with Gasteiger partial charge in [-0.15, -0.1) is 24.0 Å². The topological polar surface area (TPSA) is 65.7 Å². The summed E-state index contributed by atoms with van der Waals surface area (Å²) < 4.78 is 5.80. The highest BCUT2D eigenvalue weighted by Gasteiger charge is 2.20. The summed E-state index contributed by atoms with van der Waals surface area (Å²) in [5.41, 5.74) is -0.0253. The lowest BCUT2D eigenvalue weighted by molar-refractivity contribution is 0.249. The van der Waals surface area contributed by atoms with Crippen LogP contribution in [0.5, 0.6) is 0 Å². The molecule has 0 spiro atoms. The maximum Gasteiger partial charge on any atom is 0.216 e. The number of halogens is 1. The van der Waals surface area contributed by atoms with Crippen LogP contribution in [-0.2, 0) is 12.0 Å². The Hall–Kier alpha value is -0.830. The fraction of sp³-hybridized carbons (Fsp3) is 0.789. The van der Waals surface area contributed by atoms with Crippen LogP contribution in [0.4, 0.5) is 0 Å². The molecule has 150 valence electrons. The maximum atomic E-state index is 5.80. The van der Waals surface area contributed by atoms with Crippen molar-refractivity contribution >= 4 is 29.9 Å². The summed E-state index contributed by atoms with van der Waals surface area (Å²) in [7, 11) is 2.22. The van der Waals surface area contributed by atoms with Crippen LogP contribution in [0.3, 0.4) is 0 Å². The Balaban J connectivity index is 0.00000338. The molecular formula is C19H36IN5O. The van der Waals surface area contributed by atoms with Crippen molar-refractivity contribution in [3.63, 3.8) is 0 Å². The van der Waals surface area contributed by atoms with Gasteiger partial charge in [0, 0.05) is 31.1 Å². The molecule has 1 aliphatic rings. The molecule has 7 heteroatoms. The van der Waals surface area contributed by atoms with Gasteiger partial charge in [-0.25, -0.2) is 9.98 Å². The number of nitrogens with zero attached hydrogens (tertiary/aromatic N) is 3. The van der Waals surface area contributed by atoms with E-state index in [1.807, 2.05) is 6.20 Å². The van der Waals surface area contributed by atoms with Crippen LogP contribution < -0.4 is 10.6 Å². The van der Waals surface area contributed by atoms with E-state index in [2.05, 4.69) is 60.3 Å². The standard InChI is InChI=1S/C19H35N5O.HI/c1-6-20-18(21-11-12-24(5)15-9-7-8-10-15)23-14-17-22-13-16(25-17)19(2,3)4;/h13,15H,6-12,14H2,1-5H3,(H2,20,21,23);1H. The SMILES string of the molecule is CCNC(=NCc1ncc(C(C)(C)C)o1)NCCN(C)C1CCCC1.I. The highest BCUT2D eigenvalue weighted by Crippen LogP contribution is 2.23. The molecule has 0 saturated heterocycles. The predicted molar refractivity (Wildman–Crippen MR) is 118 cm³/mol. The molecule has 1 heterocycles. The van der Waals surface area contributed by atoms with Gasteiger partial charge in [-0.2, -0.15) is 0 Å². The second-order valence-corrected chi connectivity index (χ2v) is 7.91. The first-order chi connectivity index (χ1) is 11.9. The Morgan fingerprint density at radius 2 is 2.00 bits per heavy atom. The molecule has 0 radical (unpaired) electrons. The minimum absolute atomic E-state index is 0. The minimum atomic E-state index is -0.0253. The van der Waals surface area contributed by atoms with E-state index in [9.17, 15) is 0 Å². The summed E-state index contributed by atoms with van der Waals surface area (Å²) in [4.78, 5) is 11.4. The number of rotatable bonds is 7. The molecule has 26 heavy (non-hydrogen) atoms. The average molecular weight is 477 g/mol. The van der Waals surface area contributed by atoms with Crippen LogP contribution >= 0.6 is 24.0 Å². The second kappa shape index (κ2) is 11.1. The number of guanidine groups is 1. The molecule has 2 rings (SSSR count). The summed E-state index contributed by atoms with van der Waals surface area (Å²) in [6.45, 7) is 11.6. The molecule has 0 aliphatic heterocycles. The van der Waals surface area contributed by atoms with Gasteiger partial charge in [0.15, 0.2) is 5.96 Å². The van der Waals surface area contributed by atoms with Gasteiger partial charge in [0.25, 0.3) is 0 Å². The third kappa shape index (κ3) is 7.42. The van der Waals surface area contributed by atoms with Gasteiger partial charge in [0.05, 0.1) is 6.20 Å². The van der Waals surface area contributed by atoms with E-state index < -0.39 is 0 Å². The number of nitrogens with one attached hydrogen (secondary N) is 2. The predicted octanol–water partition coefficient (Wildman–Crippen LogP) is 3.52. The molecule has 1 fully saturated rings. The van der Waals surface area contributed by atoms with Gasteiger partial charge in [-0.3, -0.25) is 0 Å². The van der Waals surface area contributed by atoms with Gasteiger partial charge in [0.2, 0.25) is 5.89 Å². The number of aliphatic imine (C=N–C) groups is 1. The summed E-state index contributed by atoms with van der Waals surface area (Å²) in [6, 6.07) is 0.754. The third-order valence-corrected chi connectivity index (χ3v) is 4.71. The summed E-state index contributed by atoms with van der Waals surface area (Å²) in [6.07, 6.45) is 7.23. The van der Waals surface area contributed by atoms with Crippen molar-refractivity contribution in [1.82, 2.24) is 20.5 Å². The molecule has 1 aromatic rings. The normalized spacial score (nSPS) is 16.0. The second-order valence-electron chi connectivity index (χ2n) is 7.91. The number of aromatic nitrogens is 1. The van der Waals surface area contributed by atoms with E-state index >= 15 is 0 Å². The number of hydrogen-bond donors (Lipinski definition) is 2. The molecule has 2 N–H and O–H groups in total. The fourth-order valence-electron chi connectivity index (χ4n) is 3.10. The zero-order chi connectivity index (χ0) is 18.3. The molecule has 0 bridgehead atoms. The summed E-state index contributed by atoms with van der Waals surface area (Å²) >= 11 is 0. The number of hydrogen-bond acceptors (Lipinski definition) is 4. The zero-order valence-electron chi connectivity index (χ0n) is 17.0. The van der Waals surface area contributed by atoms with Crippen LogP contribution in [0.15, 0.2) is 15.6 Å². The first kappa shape index (κ1) is 23.2. The lowest BCUT2D eigenvalue weighted by Gasteiger charge is -2.24. The van der Waals surface area contributed by atoms with Crippen molar-refractivity contribution in [2.75, 3.05) is 26.7 Å². The maximum absolute atomic E-state index is 5.80. The monoisotopic (exact) mass is 477 g/mol. The third-order valence-electron chi connectivity index (χ3n) is 4.71. The van der Waals surface area contributed by atoms with Gasteiger partial charge in [-0.1, -0.05) is 33.6 Å². The highest BCUT2D eigenvalue weighted by molar-refractivity contribution is 14.0. The van der Waals surface area contributed by atoms with Crippen LogP contribution in [0.2, 0.25) is 0 Å². The molecule has 1 aliphatic carbocycles. The zero-order valence-corrected chi connectivity index (χ0v) is 19.3. The highest BCUT2D eigenvalue weighted by atomic mass is 127. The van der Waals surface area contributed by atoms with Crippen LogP contribution in [0, 0.1) is 0 Å². The average Bonchev–Trinajstić information content (AvgIpc) is 3.23. The largest absolute Gasteiger partial charge is 0.443 e. The van der Waals surface area contributed by atoms with Gasteiger partial charge in [-0.05, 0) is 26.8 Å². The first-order valence-corrected chi connectivity index (χ1v) is 9.57. The lowest BCUT2D eigenvalue weighted by atomic mass is 9.94. The van der Waals surface area contributed by atoms with Crippen LogP contribution in [0.25, 0.3) is 0 Å². The van der Waals surface area contributed by atoms with Crippen LogP contribution in [-0.4, -0.2) is 48.6 Å². The van der Waals surface area contributed by atoms with Gasteiger partial charge < -0.3 is 20.0 Å². The molecule has 6 nitrogen and oxygen atoms in total. The van der Waals surface area contributed by atoms with Crippen molar-refractivity contribution in [2.45, 2.75) is 71.4 Å². The smallest absolute Gasteiger partial charge is 0.216 e. The molecular weight excluding hydrogens is 441 g/mol. The molecule has 0 atom stereocenters. The number of oxazole rings is 1. The van der Waals surface area contributed by atoms with E-state index in [1.165, 1.54) is 25.7 Å². The molecule has 0 unspecified atom stereocenters. The van der Waals surface area contributed by atoms with Crippen molar-refractivity contribution in [3.05, 3.63) is 17.8 Å². The molecule has 1 saturated carbocycles. The van der Waals surface area contributed by atoms with Crippen LogP contribution in [0.1, 0.15) is 65.0 Å². The number of likely N-dealkylation sites (N-methyl/N-ethyl adjacent to an activating group) is 1. The van der Waals surface area contributed by atoms with E-state index in [0.29, 0.717) is 12.4 Å². The fourth-order valence-corrected chi connectivity index (χ4v) is 3.10.